The zero-order valence-corrected chi connectivity index (χ0v) is 23.3. The smallest absolute Gasteiger partial charge is 0.346 e. The number of rotatable bonds is 11. The number of benzene rings is 2. The molecule has 1 saturated carbocycles. The van der Waals surface area contributed by atoms with E-state index in [1.54, 1.807) is 25.1 Å². The van der Waals surface area contributed by atoms with Gasteiger partial charge < -0.3 is 19.9 Å². The number of aliphatic hydroxyl groups excluding tert-OH is 1. The van der Waals surface area contributed by atoms with Gasteiger partial charge in [0.25, 0.3) is 5.91 Å². The summed E-state index contributed by atoms with van der Waals surface area (Å²) < 4.78 is 10.6. The van der Waals surface area contributed by atoms with Gasteiger partial charge in [0.2, 0.25) is 0 Å². The summed E-state index contributed by atoms with van der Waals surface area (Å²) in [6, 6.07) is 12.7. The van der Waals surface area contributed by atoms with Crippen molar-refractivity contribution in [2.75, 3.05) is 13.7 Å². The van der Waals surface area contributed by atoms with Crippen molar-refractivity contribution in [1.29, 1.82) is 0 Å². The molecule has 1 aliphatic heterocycles. The van der Waals surface area contributed by atoms with Crippen LogP contribution in [0.2, 0.25) is 5.02 Å². The number of amides is 1. The number of ether oxygens (including phenoxy) is 2. The molecule has 7 nitrogen and oxygen atoms in total. The summed E-state index contributed by atoms with van der Waals surface area (Å²) in [5, 5.41) is 14.0. The fourth-order valence-corrected chi connectivity index (χ4v) is 5.60. The quantitative estimate of drug-likeness (QED) is 0.270. The molecule has 1 fully saturated rings. The summed E-state index contributed by atoms with van der Waals surface area (Å²) in [6.07, 6.45) is 6.61. The lowest BCUT2D eigenvalue weighted by molar-refractivity contribution is -0.142. The third kappa shape index (κ3) is 7.21. The maximum absolute atomic E-state index is 13.1. The van der Waals surface area contributed by atoms with E-state index in [9.17, 15) is 19.5 Å². The molecule has 2 unspecified atom stereocenters. The van der Waals surface area contributed by atoms with E-state index in [0.717, 1.165) is 36.8 Å². The first-order valence-electron chi connectivity index (χ1n) is 13.6. The number of carbonyl (C=O) groups is 3. The topological polar surface area (TPSA) is 102 Å². The molecule has 2 aliphatic rings. The first kappa shape index (κ1) is 28.7. The Kier molecular flexibility index (Phi) is 9.68. The molecule has 2 aromatic rings. The average molecular weight is 554 g/mol. The largest absolute Gasteiger partial charge is 0.507 e. The van der Waals surface area contributed by atoms with Crippen molar-refractivity contribution in [3.8, 4) is 5.75 Å². The molecule has 8 heteroatoms. The Balaban J connectivity index is 1.29. The number of aliphatic hydroxyl groups is 1. The summed E-state index contributed by atoms with van der Waals surface area (Å²) in [6.45, 7) is 2.19. The van der Waals surface area contributed by atoms with Crippen LogP contribution in [0.4, 0.5) is 0 Å². The van der Waals surface area contributed by atoms with Gasteiger partial charge in [-0.3, -0.25) is 9.59 Å². The van der Waals surface area contributed by atoms with Crippen LogP contribution in [0.25, 0.3) is 0 Å². The number of carbonyl (C=O) groups excluding carboxylic acids is 3. The predicted octanol–water partition coefficient (Wildman–Crippen LogP) is 5.78. The Labute approximate surface area is 234 Å². The molecule has 1 heterocycles. The number of methoxy groups -OCH3 is 1. The Morgan fingerprint density at radius 1 is 1.10 bits per heavy atom. The van der Waals surface area contributed by atoms with Crippen LogP contribution in [0.3, 0.4) is 0 Å². The Bertz CT molecular complexity index is 1230. The van der Waals surface area contributed by atoms with E-state index in [1.165, 1.54) is 13.5 Å². The average Bonchev–Trinajstić information content (AvgIpc) is 3.21. The maximum Gasteiger partial charge on any atom is 0.346 e. The maximum atomic E-state index is 13.1. The minimum atomic E-state index is -0.710. The molecule has 0 radical (unpaired) electrons. The Hall–Kier alpha value is -3.32. The molecule has 0 aromatic heterocycles. The highest BCUT2D eigenvalue weighted by Crippen LogP contribution is 2.34. The number of Topliss-reactive ketones (excluding diaryl/α,β-unsaturated/α-hetero) is 1. The molecule has 208 valence electrons. The van der Waals surface area contributed by atoms with Crippen LogP contribution in [-0.2, 0) is 27.2 Å². The van der Waals surface area contributed by atoms with Crippen LogP contribution in [0.1, 0.15) is 66.9 Å². The number of nitrogens with one attached hydrogen (secondary N) is 1. The van der Waals surface area contributed by atoms with Gasteiger partial charge in [0.15, 0.2) is 17.6 Å². The zero-order valence-electron chi connectivity index (χ0n) is 22.5. The van der Waals surface area contributed by atoms with Gasteiger partial charge in [0.1, 0.15) is 11.3 Å². The lowest BCUT2D eigenvalue weighted by Gasteiger charge is -2.23. The summed E-state index contributed by atoms with van der Waals surface area (Å²) in [5.74, 6) is -1.17. The number of hydrogen-bond acceptors (Lipinski definition) is 6. The van der Waals surface area contributed by atoms with E-state index in [-0.39, 0.29) is 23.0 Å². The first-order valence-corrected chi connectivity index (χ1v) is 14.0. The standard InChI is InChI=1S/C31H36ClNO6/c1-19(28(34)27-29(35)26(39-31(27)37)17-21-6-4-3-5-7-21)16-22-10-8-20(9-11-22)14-15-33-30(36)24-18-23(32)12-13-25(24)38-2/h8-13,18-19,21,26,35H,3-7,14-17H2,1-2H3,(H,33,36). The third-order valence-electron chi connectivity index (χ3n) is 7.65. The van der Waals surface area contributed by atoms with Crippen LogP contribution in [0.15, 0.2) is 53.8 Å². The lowest BCUT2D eigenvalue weighted by Crippen LogP contribution is -2.26. The summed E-state index contributed by atoms with van der Waals surface area (Å²) in [7, 11) is 1.50. The third-order valence-corrected chi connectivity index (χ3v) is 7.89. The van der Waals surface area contributed by atoms with Crippen molar-refractivity contribution >= 4 is 29.3 Å². The van der Waals surface area contributed by atoms with Gasteiger partial charge in [0.05, 0.1) is 12.7 Å². The lowest BCUT2D eigenvalue weighted by atomic mass is 9.84. The Morgan fingerprint density at radius 2 is 1.79 bits per heavy atom. The molecular weight excluding hydrogens is 518 g/mol. The van der Waals surface area contributed by atoms with E-state index < -0.39 is 18.0 Å². The SMILES string of the molecule is COc1ccc(Cl)cc1C(=O)NCCc1ccc(CC(C)C(=O)C2=C(O)C(CC3CCCCC3)OC2=O)cc1. The second-order valence-corrected chi connectivity index (χ2v) is 11.0. The highest BCUT2D eigenvalue weighted by Gasteiger charge is 2.40. The molecule has 2 aromatic carbocycles. The van der Waals surface area contributed by atoms with Gasteiger partial charge in [-0.15, -0.1) is 0 Å². The van der Waals surface area contributed by atoms with E-state index >= 15 is 0 Å². The summed E-state index contributed by atoms with van der Waals surface area (Å²) in [5.41, 5.74) is 2.16. The Morgan fingerprint density at radius 3 is 2.49 bits per heavy atom. The molecule has 1 amide bonds. The number of cyclic esters (lactones) is 1. The van der Waals surface area contributed by atoms with E-state index in [4.69, 9.17) is 21.1 Å². The second-order valence-electron chi connectivity index (χ2n) is 10.5. The highest BCUT2D eigenvalue weighted by atomic mass is 35.5. The van der Waals surface area contributed by atoms with Crippen molar-refractivity contribution in [3.05, 3.63) is 75.5 Å². The highest BCUT2D eigenvalue weighted by molar-refractivity contribution is 6.31. The molecular formula is C31H36ClNO6. The fraction of sp³-hybridized carbons (Fsp3) is 0.452. The van der Waals surface area contributed by atoms with E-state index in [2.05, 4.69) is 5.32 Å². The number of ketones is 1. The molecule has 39 heavy (non-hydrogen) atoms. The normalized spacial score (nSPS) is 18.5. The summed E-state index contributed by atoms with van der Waals surface area (Å²) >= 11 is 6.02. The van der Waals surface area contributed by atoms with Crippen molar-refractivity contribution in [1.82, 2.24) is 5.32 Å². The van der Waals surface area contributed by atoms with Crippen LogP contribution < -0.4 is 10.1 Å². The molecule has 0 spiro atoms. The number of halogens is 1. The number of esters is 1. The van der Waals surface area contributed by atoms with Crippen LogP contribution in [0.5, 0.6) is 5.75 Å². The minimum Gasteiger partial charge on any atom is -0.507 e. The zero-order chi connectivity index (χ0) is 27.9. The molecule has 0 saturated heterocycles. The van der Waals surface area contributed by atoms with Crippen molar-refractivity contribution in [2.24, 2.45) is 11.8 Å². The van der Waals surface area contributed by atoms with Crippen molar-refractivity contribution < 1.29 is 29.0 Å². The van der Waals surface area contributed by atoms with Gasteiger partial charge in [-0.25, -0.2) is 4.79 Å². The monoisotopic (exact) mass is 553 g/mol. The van der Waals surface area contributed by atoms with Gasteiger partial charge in [-0.05, 0) is 54.5 Å². The first-order chi connectivity index (χ1) is 18.8. The second kappa shape index (κ2) is 13.2. The van der Waals surface area contributed by atoms with Gasteiger partial charge in [0, 0.05) is 17.5 Å². The van der Waals surface area contributed by atoms with Crippen LogP contribution in [0, 0.1) is 11.8 Å². The van der Waals surface area contributed by atoms with Gasteiger partial charge in [-0.1, -0.05) is 74.9 Å². The molecule has 2 atom stereocenters. The van der Waals surface area contributed by atoms with Gasteiger partial charge in [-0.2, -0.15) is 0 Å². The van der Waals surface area contributed by atoms with Crippen LogP contribution >= 0.6 is 11.6 Å². The molecule has 2 N–H and O–H groups in total. The van der Waals surface area contributed by atoms with E-state index in [0.29, 0.717) is 48.1 Å². The minimum absolute atomic E-state index is 0.188. The van der Waals surface area contributed by atoms with Crippen molar-refractivity contribution in [2.45, 2.75) is 64.4 Å². The molecule has 0 bridgehead atoms. The molecule has 4 rings (SSSR count). The van der Waals surface area contributed by atoms with Gasteiger partial charge >= 0.3 is 5.97 Å². The summed E-state index contributed by atoms with van der Waals surface area (Å²) in [4.78, 5) is 38.1. The van der Waals surface area contributed by atoms with Crippen LogP contribution in [-0.4, -0.2) is 42.5 Å². The predicted molar refractivity (Wildman–Crippen MR) is 149 cm³/mol. The fourth-order valence-electron chi connectivity index (χ4n) is 5.43. The molecule has 1 aliphatic carbocycles. The van der Waals surface area contributed by atoms with E-state index in [1.807, 2.05) is 24.3 Å². The van der Waals surface area contributed by atoms with Crippen molar-refractivity contribution in [3.63, 3.8) is 0 Å². The number of hydrogen-bond donors (Lipinski definition) is 2.